The van der Waals surface area contributed by atoms with Gasteiger partial charge in [0.2, 0.25) is 5.69 Å². The maximum atomic E-state index is 12.9. The van der Waals surface area contributed by atoms with Gasteiger partial charge in [-0.15, -0.1) is 5.10 Å². The zero-order chi connectivity index (χ0) is 14.2. The van der Waals surface area contributed by atoms with Gasteiger partial charge in [0.15, 0.2) is 5.69 Å². The van der Waals surface area contributed by atoms with Crippen molar-refractivity contribution in [3.05, 3.63) is 40.1 Å². The van der Waals surface area contributed by atoms with Gasteiger partial charge in [-0.2, -0.15) is 13.2 Å². The van der Waals surface area contributed by atoms with E-state index in [1.54, 1.807) is 0 Å². The fraction of sp³-hybridized carbons (Fsp3) is 0.100. The summed E-state index contributed by atoms with van der Waals surface area (Å²) in [4.78, 5) is 10.7. The van der Waals surface area contributed by atoms with Crippen molar-refractivity contribution in [3.63, 3.8) is 0 Å². The Balaban J connectivity index is 2.64. The first kappa shape index (κ1) is 13.5. The first-order valence-electron chi connectivity index (χ1n) is 4.83. The van der Waals surface area contributed by atoms with E-state index in [1.165, 1.54) is 24.3 Å². The fourth-order valence-corrected chi connectivity index (χ4v) is 1.71. The molecule has 0 spiro atoms. The number of carbonyl (C=O) groups is 1. The van der Waals surface area contributed by atoms with Gasteiger partial charge in [-0.25, -0.2) is 9.48 Å². The summed E-state index contributed by atoms with van der Waals surface area (Å²) in [6.45, 7) is 0. The van der Waals surface area contributed by atoms with Crippen LogP contribution >= 0.6 is 15.9 Å². The molecule has 0 aliphatic rings. The number of aromatic nitrogens is 3. The van der Waals surface area contributed by atoms with Crippen molar-refractivity contribution in [3.8, 4) is 5.69 Å². The van der Waals surface area contributed by atoms with E-state index in [-0.39, 0.29) is 5.69 Å². The predicted molar refractivity (Wildman–Crippen MR) is 61.0 cm³/mol. The van der Waals surface area contributed by atoms with Crippen LogP contribution in [0, 0.1) is 0 Å². The minimum atomic E-state index is -4.87. The molecule has 19 heavy (non-hydrogen) atoms. The number of carboxylic acids is 1. The van der Waals surface area contributed by atoms with Gasteiger partial charge in [-0.1, -0.05) is 21.1 Å². The highest BCUT2D eigenvalue weighted by atomic mass is 79.9. The van der Waals surface area contributed by atoms with Crippen LogP contribution in [0.4, 0.5) is 13.2 Å². The summed E-state index contributed by atoms with van der Waals surface area (Å²) in [7, 11) is 0. The number of carboxylic acid groups (broad SMARTS) is 1. The van der Waals surface area contributed by atoms with Gasteiger partial charge in [0.1, 0.15) is 0 Å². The molecule has 0 amide bonds. The standard InChI is InChI=1S/C10H5BrF3N3O2/c11-5-1-3-6(4-2-5)17-8(10(12,13)14)7(9(18)19)15-16-17/h1-4H,(H,18,19). The average Bonchev–Trinajstić information content (AvgIpc) is 2.74. The second kappa shape index (κ2) is 4.65. The Labute approximate surface area is 112 Å². The summed E-state index contributed by atoms with van der Waals surface area (Å²) in [6, 6.07) is 5.74. The second-order valence-corrected chi connectivity index (χ2v) is 4.39. The first-order valence-corrected chi connectivity index (χ1v) is 5.62. The Hall–Kier alpha value is -1.90. The van der Waals surface area contributed by atoms with Crippen molar-refractivity contribution < 1.29 is 23.1 Å². The molecule has 0 radical (unpaired) electrons. The minimum Gasteiger partial charge on any atom is -0.476 e. The van der Waals surface area contributed by atoms with Crippen molar-refractivity contribution in [2.75, 3.05) is 0 Å². The van der Waals surface area contributed by atoms with Crippen LogP contribution in [0.15, 0.2) is 28.7 Å². The van der Waals surface area contributed by atoms with E-state index in [4.69, 9.17) is 5.11 Å². The molecule has 0 aliphatic carbocycles. The summed E-state index contributed by atoms with van der Waals surface area (Å²) in [5, 5.41) is 15.0. The Kier molecular flexibility index (Phi) is 3.31. The van der Waals surface area contributed by atoms with E-state index < -0.39 is 23.5 Å². The third kappa shape index (κ3) is 2.60. The molecule has 0 bridgehead atoms. The lowest BCUT2D eigenvalue weighted by molar-refractivity contribution is -0.143. The highest BCUT2D eigenvalue weighted by Gasteiger charge is 2.42. The van der Waals surface area contributed by atoms with Crippen LogP contribution < -0.4 is 0 Å². The van der Waals surface area contributed by atoms with Crippen LogP contribution in [-0.4, -0.2) is 26.1 Å². The summed E-state index contributed by atoms with van der Waals surface area (Å²) in [5.41, 5.74) is -2.48. The number of aromatic carboxylic acids is 1. The number of halogens is 4. The van der Waals surface area contributed by atoms with Crippen molar-refractivity contribution >= 4 is 21.9 Å². The average molecular weight is 336 g/mol. The molecule has 0 saturated carbocycles. The molecule has 1 heterocycles. The van der Waals surface area contributed by atoms with Gasteiger partial charge in [-0.05, 0) is 24.3 Å². The lowest BCUT2D eigenvalue weighted by atomic mass is 10.2. The van der Waals surface area contributed by atoms with Gasteiger partial charge >= 0.3 is 12.1 Å². The summed E-state index contributed by atoms with van der Waals surface area (Å²) in [5.74, 6) is -1.78. The number of hydrogen-bond acceptors (Lipinski definition) is 3. The monoisotopic (exact) mass is 335 g/mol. The molecule has 100 valence electrons. The second-order valence-electron chi connectivity index (χ2n) is 3.48. The lowest BCUT2D eigenvalue weighted by Crippen LogP contribution is -2.17. The van der Waals surface area contributed by atoms with Gasteiger partial charge < -0.3 is 5.11 Å². The van der Waals surface area contributed by atoms with E-state index in [0.717, 1.165) is 0 Å². The third-order valence-electron chi connectivity index (χ3n) is 2.21. The third-order valence-corrected chi connectivity index (χ3v) is 2.74. The number of rotatable bonds is 2. The van der Waals surface area contributed by atoms with E-state index in [1.807, 2.05) is 0 Å². The topological polar surface area (TPSA) is 68.0 Å². The zero-order valence-electron chi connectivity index (χ0n) is 9.02. The summed E-state index contributed by atoms with van der Waals surface area (Å²) in [6.07, 6.45) is -4.87. The van der Waals surface area contributed by atoms with Gasteiger partial charge in [-0.3, -0.25) is 0 Å². The molecule has 2 aromatic rings. The van der Waals surface area contributed by atoms with Crippen molar-refractivity contribution in [2.24, 2.45) is 0 Å². The maximum absolute atomic E-state index is 12.9. The molecule has 0 aliphatic heterocycles. The predicted octanol–water partition coefficient (Wildman–Crippen LogP) is 2.75. The Bertz CT molecular complexity index is 622. The molecule has 0 unspecified atom stereocenters. The molecule has 1 N–H and O–H groups in total. The molecular weight excluding hydrogens is 331 g/mol. The van der Waals surface area contributed by atoms with Crippen LogP contribution in [0.1, 0.15) is 16.2 Å². The van der Waals surface area contributed by atoms with Crippen molar-refractivity contribution in [2.45, 2.75) is 6.18 Å². The molecule has 2 rings (SSSR count). The van der Waals surface area contributed by atoms with E-state index in [9.17, 15) is 18.0 Å². The smallest absolute Gasteiger partial charge is 0.436 e. The van der Waals surface area contributed by atoms with Crippen LogP contribution in [0.3, 0.4) is 0 Å². The largest absolute Gasteiger partial charge is 0.476 e. The van der Waals surface area contributed by atoms with E-state index in [2.05, 4.69) is 26.2 Å². The number of hydrogen-bond donors (Lipinski definition) is 1. The molecule has 1 aromatic heterocycles. The molecule has 0 saturated heterocycles. The zero-order valence-corrected chi connectivity index (χ0v) is 10.6. The van der Waals surface area contributed by atoms with Crippen LogP contribution in [-0.2, 0) is 6.18 Å². The number of alkyl halides is 3. The highest BCUT2D eigenvalue weighted by molar-refractivity contribution is 9.10. The van der Waals surface area contributed by atoms with Crippen LogP contribution in [0.2, 0.25) is 0 Å². The van der Waals surface area contributed by atoms with Gasteiger partial charge in [0.05, 0.1) is 5.69 Å². The SMILES string of the molecule is O=C(O)c1nnn(-c2ccc(Br)cc2)c1C(F)(F)F. The minimum absolute atomic E-state index is 0.0653. The van der Waals surface area contributed by atoms with Gasteiger partial charge in [0.25, 0.3) is 0 Å². The molecule has 1 aromatic carbocycles. The Morgan fingerprint density at radius 2 is 1.84 bits per heavy atom. The highest BCUT2D eigenvalue weighted by Crippen LogP contribution is 2.32. The van der Waals surface area contributed by atoms with Gasteiger partial charge in [0, 0.05) is 4.47 Å². The van der Waals surface area contributed by atoms with Crippen LogP contribution in [0.25, 0.3) is 5.69 Å². The quantitative estimate of drug-likeness (QED) is 0.916. The fourth-order valence-electron chi connectivity index (χ4n) is 1.44. The summed E-state index contributed by atoms with van der Waals surface area (Å²) < 4.78 is 39.8. The Morgan fingerprint density at radius 1 is 1.26 bits per heavy atom. The Morgan fingerprint density at radius 3 is 2.32 bits per heavy atom. The molecule has 0 fully saturated rings. The molecule has 5 nitrogen and oxygen atoms in total. The van der Waals surface area contributed by atoms with E-state index in [0.29, 0.717) is 9.15 Å². The molecular formula is C10H5BrF3N3O2. The lowest BCUT2D eigenvalue weighted by Gasteiger charge is -2.09. The normalized spacial score (nSPS) is 11.6. The van der Waals surface area contributed by atoms with Crippen molar-refractivity contribution in [1.82, 2.24) is 15.0 Å². The first-order chi connectivity index (χ1) is 8.80. The number of nitrogens with zero attached hydrogens (tertiary/aromatic N) is 3. The molecule has 9 heteroatoms. The van der Waals surface area contributed by atoms with E-state index >= 15 is 0 Å². The molecule has 0 atom stereocenters. The van der Waals surface area contributed by atoms with Crippen molar-refractivity contribution in [1.29, 1.82) is 0 Å². The van der Waals surface area contributed by atoms with Crippen LogP contribution in [0.5, 0.6) is 0 Å². The summed E-state index contributed by atoms with van der Waals surface area (Å²) >= 11 is 3.14. The number of benzene rings is 1. The maximum Gasteiger partial charge on any atom is 0.436 e.